The van der Waals surface area contributed by atoms with Crippen LogP contribution in [-0.4, -0.2) is 54.2 Å². The van der Waals surface area contributed by atoms with Crippen LogP contribution in [0.2, 0.25) is 0 Å². The van der Waals surface area contributed by atoms with Gasteiger partial charge in [-0.3, -0.25) is 4.79 Å². The van der Waals surface area contributed by atoms with Gasteiger partial charge in [0.2, 0.25) is 11.8 Å². The lowest BCUT2D eigenvalue weighted by molar-refractivity contribution is -0.127. The van der Waals surface area contributed by atoms with Crippen LogP contribution < -0.4 is 10.2 Å². The first-order valence-corrected chi connectivity index (χ1v) is 6.61. The highest BCUT2D eigenvalue weighted by molar-refractivity contribution is 5.80. The third kappa shape index (κ3) is 3.92. The van der Waals surface area contributed by atoms with E-state index in [0.717, 1.165) is 0 Å². The minimum Gasteiger partial charge on any atom is -0.407 e. The molecule has 2 rings (SSSR count). The maximum absolute atomic E-state index is 11.7. The van der Waals surface area contributed by atoms with Gasteiger partial charge >= 0.3 is 6.01 Å². The molecule has 0 aromatic carbocycles. The monoisotopic (exact) mass is 267 g/mol. The van der Waals surface area contributed by atoms with Crippen molar-refractivity contribution in [2.75, 3.05) is 32.1 Å². The minimum atomic E-state index is 0.0118. The number of hydrogen-bond acceptors (Lipinski definition) is 6. The zero-order valence-corrected chi connectivity index (χ0v) is 11.7. The van der Waals surface area contributed by atoms with Gasteiger partial charge < -0.3 is 19.5 Å². The van der Waals surface area contributed by atoms with Crippen molar-refractivity contribution in [1.82, 2.24) is 20.4 Å². The number of likely N-dealkylation sites (N-methyl/N-ethyl adjacent to an activating group) is 2. The number of nitrogens with one attached hydrogen (secondary N) is 1. The summed E-state index contributed by atoms with van der Waals surface area (Å²) in [4.78, 5) is 15.0. The number of carbonyl (C=O) groups is 1. The maximum Gasteiger partial charge on any atom is 0.318 e. The molecule has 1 amide bonds. The number of rotatable bonds is 7. The Labute approximate surface area is 113 Å². The molecule has 0 bridgehead atoms. The van der Waals surface area contributed by atoms with Gasteiger partial charge in [-0.15, -0.1) is 5.10 Å². The van der Waals surface area contributed by atoms with Gasteiger partial charge in [0.1, 0.15) is 6.54 Å². The lowest BCUT2D eigenvalue weighted by Crippen LogP contribution is -2.36. The second-order valence-electron chi connectivity index (χ2n) is 4.94. The van der Waals surface area contributed by atoms with E-state index < -0.39 is 0 Å². The lowest BCUT2D eigenvalue weighted by Gasteiger charge is -2.19. The van der Waals surface area contributed by atoms with E-state index in [1.807, 2.05) is 6.92 Å². The molecule has 1 fully saturated rings. The molecule has 1 aromatic heterocycles. The maximum atomic E-state index is 11.7. The van der Waals surface area contributed by atoms with E-state index in [9.17, 15) is 4.79 Å². The number of aromatic nitrogens is 2. The molecular weight excluding hydrogens is 246 g/mol. The number of nitrogens with zero attached hydrogens (tertiary/aromatic N) is 4. The first kappa shape index (κ1) is 13.8. The minimum absolute atomic E-state index is 0.0118. The van der Waals surface area contributed by atoms with Crippen molar-refractivity contribution in [3.8, 4) is 0 Å². The van der Waals surface area contributed by atoms with Crippen LogP contribution in [-0.2, 0) is 11.3 Å². The van der Waals surface area contributed by atoms with Crippen LogP contribution >= 0.6 is 0 Å². The molecule has 0 aliphatic heterocycles. The summed E-state index contributed by atoms with van der Waals surface area (Å²) in [5.41, 5.74) is 0. The average Bonchev–Trinajstić information content (AvgIpc) is 3.11. The van der Waals surface area contributed by atoms with E-state index in [4.69, 9.17) is 4.42 Å². The highest BCUT2D eigenvalue weighted by atomic mass is 16.4. The van der Waals surface area contributed by atoms with Crippen molar-refractivity contribution < 1.29 is 9.21 Å². The molecule has 1 heterocycles. The third-order valence-electron chi connectivity index (χ3n) is 3.05. The summed E-state index contributed by atoms with van der Waals surface area (Å²) in [6.45, 7) is 3.45. The smallest absolute Gasteiger partial charge is 0.318 e. The zero-order valence-electron chi connectivity index (χ0n) is 11.7. The largest absolute Gasteiger partial charge is 0.407 e. The summed E-state index contributed by atoms with van der Waals surface area (Å²) in [6.07, 6.45) is 2.44. The molecule has 0 unspecified atom stereocenters. The van der Waals surface area contributed by atoms with Crippen molar-refractivity contribution in [3.05, 3.63) is 5.89 Å². The molecule has 0 spiro atoms. The summed E-state index contributed by atoms with van der Waals surface area (Å²) in [7, 11) is 3.46. The average molecular weight is 267 g/mol. The fourth-order valence-electron chi connectivity index (χ4n) is 1.58. The molecule has 1 aliphatic carbocycles. The Bertz CT molecular complexity index is 428. The summed E-state index contributed by atoms with van der Waals surface area (Å²) < 4.78 is 5.57. The first-order chi connectivity index (χ1) is 9.10. The van der Waals surface area contributed by atoms with Crippen LogP contribution in [0.5, 0.6) is 0 Å². The SMILES string of the molecule is CCN(CC(=O)N(C)C)c1nnc(CNC2CC2)o1. The summed E-state index contributed by atoms with van der Waals surface area (Å²) in [5.74, 6) is 0.579. The Kier molecular flexibility index (Phi) is 4.36. The summed E-state index contributed by atoms with van der Waals surface area (Å²) in [6, 6.07) is 1.01. The van der Waals surface area contributed by atoms with Crippen LogP contribution in [0.4, 0.5) is 6.01 Å². The lowest BCUT2D eigenvalue weighted by atomic mass is 10.4. The number of carbonyl (C=O) groups excluding carboxylic acids is 1. The van der Waals surface area contributed by atoms with Crippen molar-refractivity contribution in [1.29, 1.82) is 0 Å². The Balaban J connectivity index is 1.91. The summed E-state index contributed by atoms with van der Waals surface area (Å²) in [5, 5.41) is 11.3. The number of anilines is 1. The van der Waals surface area contributed by atoms with Crippen LogP contribution in [0, 0.1) is 0 Å². The van der Waals surface area contributed by atoms with Crippen LogP contribution in [0.3, 0.4) is 0 Å². The van der Waals surface area contributed by atoms with E-state index in [2.05, 4.69) is 15.5 Å². The quantitative estimate of drug-likeness (QED) is 0.762. The van der Waals surface area contributed by atoms with Crippen molar-refractivity contribution in [3.63, 3.8) is 0 Å². The van der Waals surface area contributed by atoms with Crippen LogP contribution in [0.15, 0.2) is 4.42 Å². The van der Waals surface area contributed by atoms with Gasteiger partial charge in [-0.25, -0.2) is 0 Å². The number of amides is 1. The van der Waals surface area contributed by atoms with Gasteiger partial charge in [0.25, 0.3) is 0 Å². The van der Waals surface area contributed by atoms with Gasteiger partial charge in [0, 0.05) is 26.7 Å². The molecule has 1 N–H and O–H groups in total. The summed E-state index contributed by atoms with van der Waals surface area (Å²) >= 11 is 0. The van der Waals surface area contributed by atoms with E-state index in [0.29, 0.717) is 31.0 Å². The van der Waals surface area contributed by atoms with Crippen molar-refractivity contribution in [2.24, 2.45) is 0 Å². The molecule has 7 nitrogen and oxygen atoms in total. The van der Waals surface area contributed by atoms with Crippen molar-refractivity contribution >= 4 is 11.9 Å². The predicted molar refractivity (Wildman–Crippen MR) is 70.7 cm³/mol. The normalized spacial score (nSPS) is 14.5. The molecule has 0 radical (unpaired) electrons. The van der Waals surface area contributed by atoms with E-state index >= 15 is 0 Å². The Morgan fingerprint density at radius 1 is 1.42 bits per heavy atom. The highest BCUT2D eigenvalue weighted by Gasteiger charge is 2.22. The number of hydrogen-bond donors (Lipinski definition) is 1. The Morgan fingerprint density at radius 2 is 2.16 bits per heavy atom. The molecule has 1 aliphatic rings. The molecule has 1 aromatic rings. The molecule has 1 saturated carbocycles. The fourth-order valence-corrected chi connectivity index (χ4v) is 1.58. The molecule has 0 saturated heterocycles. The predicted octanol–water partition coefficient (Wildman–Crippen LogP) is 0.236. The molecule has 19 heavy (non-hydrogen) atoms. The van der Waals surface area contributed by atoms with Crippen molar-refractivity contribution in [2.45, 2.75) is 32.4 Å². The fraction of sp³-hybridized carbons (Fsp3) is 0.750. The van der Waals surface area contributed by atoms with Gasteiger partial charge in [-0.05, 0) is 19.8 Å². The first-order valence-electron chi connectivity index (χ1n) is 6.61. The van der Waals surface area contributed by atoms with Crippen LogP contribution in [0.1, 0.15) is 25.7 Å². The van der Waals surface area contributed by atoms with E-state index in [1.54, 1.807) is 23.9 Å². The second kappa shape index (κ2) is 6.01. The molecular formula is C12H21N5O2. The van der Waals surface area contributed by atoms with Gasteiger partial charge in [0.05, 0.1) is 6.54 Å². The van der Waals surface area contributed by atoms with E-state index in [-0.39, 0.29) is 12.5 Å². The molecule has 0 atom stereocenters. The Hall–Kier alpha value is -1.63. The standard InChI is InChI=1S/C12H21N5O2/c1-4-17(8-11(18)16(2)3)12-15-14-10(19-12)7-13-9-5-6-9/h9,13H,4-8H2,1-3H3. The molecule has 7 heteroatoms. The van der Waals surface area contributed by atoms with Gasteiger partial charge in [-0.1, -0.05) is 5.10 Å². The zero-order chi connectivity index (χ0) is 13.8. The second-order valence-corrected chi connectivity index (χ2v) is 4.94. The van der Waals surface area contributed by atoms with Gasteiger partial charge in [-0.2, -0.15) is 0 Å². The topological polar surface area (TPSA) is 74.5 Å². The van der Waals surface area contributed by atoms with Crippen LogP contribution in [0.25, 0.3) is 0 Å². The van der Waals surface area contributed by atoms with E-state index in [1.165, 1.54) is 12.8 Å². The highest BCUT2D eigenvalue weighted by Crippen LogP contribution is 2.19. The Morgan fingerprint density at radius 3 is 2.74 bits per heavy atom. The molecule has 106 valence electrons. The third-order valence-corrected chi connectivity index (χ3v) is 3.05. The van der Waals surface area contributed by atoms with Gasteiger partial charge in [0.15, 0.2) is 0 Å².